The predicted molar refractivity (Wildman–Crippen MR) is 48.3 cm³/mol. The van der Waals surface area contributed by atoms with Crippen LogP contribution in [-0.4, -0.2) is 10.8 Å². The number of carbonyl (C=O) groups excluding carboxylic acids is 1. The van der Waals surface area contributed by atoms with Crippen molar-refractivity contribution in [3.05, 3.63) is 29.6 Å². The highest BCUT2D eigenvalue weighted by Crippen LogP contribution is 2.29. The topological polar surface area (TPSA) is 30.0 Å². The van der Waals surface area contributed by atoms with E-state index in [2.05, 4.69) is 4.98 Å². The maximum atomic E-state index is 12.2. The van der Waals surface area contributed by atoms with Gasteiger partial charge in [-0.3, -0.25) is 9.78 Å². The Labute approximate surface area is 85.1 Å². The molecule has 0 aromatic carbocycles. The van der Waals surface area contributed by atoms with Crippen LogP contribution in [0.5, 0.6) is 0 Å². The van der Waals surface area contributed by atoms with Crippen LogP contribution in [0.3, 0.4) is 0 Å². The maximum Gasteiger partial charge on any atom is 0.417 e. The lowest BCUT2D eigenvalue weighted by molar-refractivity contribution is -0.137. The first-order valence-corrected chi connectivity index (χ1v) is 4.36. The molecule has 0 amide bonds. The van der Waals surface area contributed by atoms with Gasteiger partial charge in [-0.1, -0.05) is 0 Å². The van der Waals surface area contributed by atoms with Gasteiger partial charge in [-0.2, -0.15) is 13.2 Å². The Morgan fingerprint density at radius 2 is 2.00 bits per heavy atom. The second kappa shape index (κ2) is 4.00. The molecule has 0 bridgehead atoms. The van der Waals surface area contributed by atoms with Gasteiger partial charge in [-0.25, -0.2) is 0 Å². The molecule has 15 heavy (non-hydrogen) atoms. The van der Waals surface area contributed by atoms with Gasteiger partial charge in [0.25, 0.3) is 0 Å². The number of alkyl halides is 3. The third-order valence-electron chi connectivity index (χ3n) is 2.17. The second-order valence-electron chi connectivity index (χ2n) is 3.30. The zero-order chi connectivity index (χ0) is 11.6. The first-order chi connectivity index (χ1) is 6.82. The fourth-order valence-electron chi connectivity index (χ4n) is 1.04. The van der Waals surface area contributed by atoms with Crippen LogP contribution in [0.1, 0.15) is 31.0 Å². The molecule has 0 fully saturated rings. The van der Waals surface area contributed by atoms with Gasteiger partial charge in [0.2, 0.25) is 0 Å². The van der Waals surface area contributed by atoms with Crippen molar-refractivity contribution in [1.29, 1.82) is 0 Å². The van der Waals surface area contributed by atoms with Gasteiger partial charge < -0.3 is 0 Å². The standard InChI is InChI=1S/C10H10F3NO/c1-6(7(2)15)9-4-3-8(5-14-9)10(11,12)13/h3-6H,1-2H3. The fraction of sp³-hybridized carbons (Fsp3) is 0.400. The maximum absolute atomic E-state index is 12.2. The van der Waals surface area contributed by atoms with Crippen molar-refractivity contribution < 1.29 is 18.0 Å². The molecule has 1 atom stereocenters. The van der Waals surface area contributed by atoms with Crippen molar-refractivity contribution >= 4 is 5.78 Å². The fourth-order valence-corrected chi connectivity index (χ4v) is 1.04. The second-order valence-corrected chi connectivity index (χ2v) is 3.30. The summed E-state index contributed by atoms with van der Waals surface area (Å²) in [4.78, 5) is 14.6. The summed E-state index contributed by atoms with van der Waals surface area (Å²) in [6, 6.07) is 2.16. The Kier molecular flexibility index (Phi) is 3.12. The van der Waals surface area contributed by atoms with E-state index < -0.39 is 17.7 Å². The van der Waals surface area contributed by atoms with E-state index in [1.807, 2.05) is 0 Å². The molecule has 0 saturated heterocycles. The van der Waals surface area contributed by atoms with Gasteiger partial charge in [-0.05, 0) is 26.0 Å². The number of pyridine rings is 1. The molecule has 5 heteroatoms. The monoisotopic (exact) mass is 217 g/mol. The van der Waals surface area contributed by atoms with Crippen LogP contribution in [0.25, 0.3) is 0 Å². The SMILES string of the molecule is CC(=O)C(C)c1ccc(C(F)(F)F)cn1. The summed E-state index contributed by atoms with van der Waals surface area (Å²) in [5.74, 6) is -0.588. The molecule has 1 aromatic rings. The average Bonchev–Trinajstić information content (AvgIpc) is 2.15. The van der Waals surface area contributed by atoms with Gasteiger partial charge in [0, 0.05) is 6.20 Å². The van der Waals surface area contributed by atoms with Gasteiger partial charge >= 0.3 is 6.18 Å². The number of rotatable bonds is 2. The largest absolute Gasteiger partial charge is 0.417 e. The van der Waals surface area contributed by atoms with Gasteiger partial charge in [-0.15, -0.1) is 0 Å². The number of hydrogen-bond acceptors (Lipinski definition) is 2. The average molecular weight is 217 g/mol. The summed E-state index contributed by atoms with van der Waals surface area (Å²) >= 11 is 0. The first-order valence-electron chi connectivity index (χ1n) is 4.36. The summed E-state index contributed by atoms with van der Waals surface area (Å²) in [5, 5.41) is 0. The van der Waals surface area contributed by atoms with Crippen LogP contribution in [0.4, 0.5) is 13.2 Å². The minimum Gasteiger partial charge on any atom is -0.299 e. The van der Waals surface area contributed by atoms with E-state index in [1.54, 1.807) is 6.92 Å². The van der Waals surface area contributed by atoms with E-state index in [4.69, 9.17) is 0 Å². The minimum atomic E-state index is -4.38. The molecule has 2 nitrogen and oxygen atoms in total. The minimum absolute atomic E-state index is 0.123. The van der Waals surface area contributed by atoms with Crippen LogP contribution >= 0.6 is 0 Å². The van der Waals surface area contributed by atoms with Crippen molar-refractivity contribution in [2.75, 3.05) is 0 Å². The highest BCUT2D eigenvalue weighted by Gasteiger charge is 2.30. The molecular formula is C10H10F3NO. The van der Waals surface area contributed by atoms with E-state index in [0.29, 0.717) is 5.69 Å². The number of Topliss-reactive ketones (excluding diaryl/α,β-unsaturated/α-hetero) is 1. The summed E-state index contributed by atoms with van der Waals surface area (Å²) < 4.78 is 36.5. The number of ketones is 1. The van der Waals surface area contributed by atoms with Crippen LogP contribution in [0.2, 0.25) is 0 Å². The molecule has 1 aromatic heterocycles. The number of nitrogens with zero attached hydrogens (tertiary/aromatic N) is 1. The van der Waals surface area contributed by atoms with Gasteiger partial charge in [0.1, 0.15) is 5.78 Å². The first kappa shape index (κ1) is 11.7. The van der Waals surface area contributed by atoms with Gasteiger partial charge in [0.05, 0.1) is 17.2 Å². The molecule has 1 heterocycles. The van der Waals surface area contributed by atoms with Crippen LogP contribution in [-0.2, 0) is 11.0 Å². The number of halogens is 3. The molecule has 0 radical (unpaired) electrons. The normalized spacial score (nSPS) is 13.7. The van der Waals surface area contributed by atoms with E-state index >= 15 is 0 Å². The number of hydrogen-bond donors (Lipinski definition) is 0. The molecule has 0 aliphatic heterocycles. The third-order valence-corrected chi connectivity index (χ3v) is 2.17. The lowest BCUT2D eigenvalue weighted by Crippen LogP contribution is -2.09. The van der Waals surface area contributed by atoms with Gasteiger partial charge in [0.15, 0.2) is 0 Å². The molecular weight excluding hydrogens is 207 g/mol. The molecule has 1 unspecified atom stereocenters. The summed E-state index contributed by atoms with van der Waals surface area (Å²) in [6.45, 7) is 2.99. The Morgan fingerprint density at radius 1 is 1.40 bits per heavy atom. The van der Waals surface area contributed by atoms with Crippen LogP contribution in [0.15, 0.2) is 18.3 Å². The molecule has 1 rings (SSSR count). The summed E-state index contributed by atoms with van der Waals surface area (Å²) in [5.41, 5.74) is -0.447. The van der Waals surface area contributed by atoms with E-state index in [9.17, 15) is 18.0 Å². The van der Waals surface area contributed by atoms with Crippen molar-refractivity contribution in [3.63, 3.8) is 0 Å². The lowest BCUT2D eigenvalue weighted by Gasteiger charge is -2.09. The smallest absolute Gasteiger partial charge is 0.299 e. The number of carbonyl (C=O) groups is 1. The quantitative estimate of drug-likeness (QED) is 0.762. The Hall–Kier alpha value is -1.39. The van der Waals surface area contributed by atoms with Crippen molar-refractivity contribution in [2.24, 2.45) is 0 Å². The van der Waals surface area contributed by atoms with Crippen molar-refractivity contribution in [2.45, 2.75) is 25.9 Å². The Morgan fingerprint density at radius 3 is 2.33 bits per heavy atom. The lowest BCUT2D eigenvalue weighted by atomic mass is 10.0. The van der Waals surface area contributed by atoms with Crippen molar-refractivity contribution in [1.82, 2.24) is 4.98 Å². The molecule has 0 spiro atoms. The third kappa shape index (κ3) is 2.78. The number of aromatic nitrogens is 1. The molecule has 0 saturated carbocycles. The molecule has 0 N–H and O–H groups in total. The van der Waals surface area contributed by atoms with Crippen LogP contribution in [0, 0.1) is 0 Å². The van der Waals surface area contributed by atoms with E-state index in [1.165, 1.54) is 13.0 Å². The van der Waals surface area contributed by atoms with E-state index in [-0.39, 0.29) is 5.78 Å². The zero-order valence-corrected chi connectivity index (χ0v) is 8.30. The molecule has 82 valence electrons. The highest BCUT2D eigenvalue weighted by atomic mass is 19.4. The summed E-state index contributed by atoms with van der Waals surface area (Å²) in [6.07, 6.45) is -3.64. The van der Waals surface area contributed by atoms with E-state index in [0.717, 1.165) is 12.3 Å². The molecule has 0 aliphatic carbocycles. The Bertz CT molecular complexity index is 356. The highest BCUT2D eigenvalue weighted by molar-refractivity contribution is 5.82. The molecule has 0 aliphatic rings. The van der Waals surface area contributed by atoms with Crippen LogP contribution < -0.4 is 0 Å². The Balaban J connectivity index is 2.95. The predicted octanol–water partition coefficient (Wildman–Crippen LogP) is 2.79. The zero-order valence-electron chi connectivity index (χ0n) is 8.30. The summed E-state index contributed by atoms with van der Waals surface area (Å²) in [7, 11) is 0. The van der Waals surface area contributed by atoms with Crippen molar-refractivity contribution in [3.8, 4) is 0 Å².